The first-order valence-electron chi connectivity index (χ1n) is 4.31. The zero-order chi connectivity index (χ0) is 10.3. The molecule has 74 valence electrons. The predicted molar refractivity (Wildman–Crippen MR) is 52.4 cm³/mol. The topological polar surface area (TPSA) is 51.2 Å². The first kappa shape index (κ1) is 9.02. The molecule has 2 aromatic rings. The maximum absolute atomic E-state index is 13.4. The average molecular weight is 194 g/mol. The van der Waals surface area contributed by atoms with Crippen LogP contribution in [-0.2, 0) is 13.6 Å². The van der Waals surface area contributed by atoms with Crippen molar-refractivity contribution >= 4 is 10.9 Å². The normalized spacial score (nSPS) is 11.1. The van der Waals surface area contributed by atoms with E-state index in [1.807, 2.05) is 0 Å². The third-order valence-corrected chi connectivity index (χ3v) is 2.43. The van der Waals surface area contributed by atoms with E-state index < -0.39 is 0 Å². The molecule has 0 spiro atoms. The van der Waals surface area contributed by atoms with Gasteiger partial charge in [-0.3, -0.25) is 0 Å². The number of hydrogen-bond donors (Lipinski definition) is 2. The highest BCUT2D eigenvalue weighted by molar-refractivity contribution is 5.87. The number of hydrogen-bond acceptors (Lipinski definition) is 2. The summed E-state index contributed by atoms with van der Waals surface area (Å²) in [6.45, 7) is 0.323. The lowest BCUT2D eigenvalue weighted by Gasteiger charge is -2.01. The van der Waals surface area contributed by atoms with Gasteiger partial charge in [0, 0.05) is 24.7 Å². The van der Waals surface area contributed by atoms with Crippen molar-refractivity contribution in [3.8, 4) is 5.75 Å². The van der Waals surface area contributed by atoms with Gasteiger partial charge in [0.1, 0.15) is 11.6 Å². The second-order valence-electron chi connectivity index (χ2n) is 3.23. The Bertz CT molecular complexity index is 490. The molecule has 1 heterocycles. The van der Waals surface area contributed by atoms with Crippen LogP contribution in [0.5, 0.6) is 5.75 Å². The number of rotatable bonds is 1. The molecule has 0 bridgehead atoms. The van der Waals surface area contributed by atoms with Gasteiger partial charge in [0.05, 0.1) is 5.52 Å². The Hall–Kier alpha value is -1.55. The van der Waals surface area contributed by atoms with E-state index in [2.05, 4.69) is 0 Å². The van der Waals surface area contributed by atoms with Gasteiger partial charge in [-0.25, -0.2) is 4.39 Å². The molecule has 0 aliphatic rings. The molecule has 0 saturated heterocycles. The summed E-state index contributed by atoms with van der Waals surface area (Å²) in [6.07, 6.45) is 0. The highest BCUT2D eigenvalue weighted by atomic mass is 19.1. The molecule has 1 aromatic heterocycles. The van der Waals surface area contributed by atoms with Crippen LogP contribution in [0.4, 0.5) is 4.39 Å². The zero-order valence-electron chi connectivity index (χ0n) is 7.79. The molecule has 0 radical (unpaired) electrons. The highest BCUT2D eigenvalue weighted by Crippen LogP contribution is 2.29. The number of benzene rings is 1. The average Bonchev–Trinajstić information content (AvgIpc) is 2.51. The van der Waals surface area contributed by atoms with Crippen LogP contribution in [0.25, 0.3) is 10.9 Å². The van der Waals surface area contributed by atoms with Gasteiger partial charge in [-0.15, -0.1) is 0 Å². The minimum absolute atomic E-state index is 0.0803. The summed E-state index contributed by atoms with van der Waals surface area (Å²) in [4.78, 5) is 0. The van der Waals surface area contributed by atoms with E-state index in [0.717, 1.165) is 5.69 Å². The molecule has 3 nitrogen and oxygen atoms in total. The van der Waals surface area contributed by atoms with Crippen LogP contribution in [-0.4, -0.2) is 9.67 Å². The summed E-state index contributed by atoms with van der Waals surface area (Å²) in [6, 6.07) is 4.30. The van der Waals surface area contributed by atoms with E-state index >= 15 is 0 Å². The lowest BCUT2D eigenvalue weighted by atomic mass is 10.2. The van der Waals surface area contributed by atoms with Crippen LogP contribution in [0.2, 0.25) is 0 Å². The van der Waals surface area contributed by atoms with Crippen molar-refractivity contribution in [3.05, 3.63) is 29.7 Å². The van der Waals surface area contributed by atoms with Gasteiger partial charge in [-0.1, -0.05) is 0 Å². The number of aryl methyl sites for hydroxylation is 1. The molecule has 0 saturated carbocycles. The van der Waals surface area contributed by atoms with Gasteiger partial charge < -0.3 is 15.4 Å². The van der Waals surface area contributed by atoms with Crippen molar-refractivity contribution in [2.75, 3.05) is 0 Å². The molecule has 0 amide bonds. The molecule has 14 heavy (non-hydrogen) atoms. The number of phenolic OH excluding ortho intramolecular Hbond substituents is 1. The fourth-order valence-electron chi connectivity index (χ4n) is 1.66. The number of aromatic hydroxyl groups is 1. The third kappa shape index (κ3) is 1.08. The molecular weight excluding hydrogens is 183 g/mol. The summed E-state index contributed by atoms with van der Waals surface area (Å²) in [5.41, 5.74) is 6.68. The van der Waals surface area contributed by atoms with Gasteiger partial charge in [0.25, 0.3) is 0 Å². The van der Waals surface area contributed by atoms with E-state index in [-0.39, 0.29) is 11.6 Å². The quantitative estimate of drug-likeness (QED) is 0.722. The first-order valence-corrected chi connectivity index (χ1v) is 4.31. The second kappa shape index (κ2) is 2.99. The van der Waals surface area contributed by atoms with Crippen LogP contribution in [0.3, 0.4) is 0 Å². The Balaban J connectivity index is 2.90. The number of nitrogens with zero attached hydrogens (tertiary/aromatic N) is 1. The van der Waals surface area contributed by atoms with Crippen molar-refractivity contribution in [1.82, 2.24) is 4.57 Å². The maximum atomic E-state index is 13.4. The number of aromatic nitrogens is 1. The Labute approximate surface area is 80.6 Å². The molecule has 2 rings (SSSR count). The molecule has 0 fully saturated rings. The molecule has 1 aromatic carbocycles. The van der Waals surface area contributed by atoms with E-state index in [4.69, 9.17) is 5.73 Å². The fourth-order valence-corrected chi connectivity index (χ4v) is 1.66. The number of nitrogens with two attached hydrogens (primary N) is 1. The zero-order valence-corrected chi connectivity index (χ0v) is 7.79. The molecule has 0 unspecified atom stereocenters. The summed E-state index contributed by atoms with van der Waals surface area (Å²) in [7, 11) is 1.73. The van der Waals surface area contributed by atoms with Crippen molar-refractivity contribution in [1.29, 1.82) is 0 Å². The molecule has 0 atom stereocenters. The number of phenols is 1. The van der Waals surface area contributed by atoms with Gasteiger partial charge in [-0.2, -0.15) is 0 Å². The maximum Gasteiger partial charge on any atom is 0.147 e. The smallest absolute Gasteiger partial charge is 0.147 e. The molecule has 3 N–H and O–H groups in total. The van der Waals surface area contributed by atoms with Crippen molar-refractivity contribution in [3.63, 3.8) is 0 Å². The van der Waals surface area contributed by atoms with Crippen LogP contribution >= 0.6 is 0 Å². The van der Waals surface area contributed by atoms with E-state index in [9.17, 15) is 9.50 Å². The Morgan fingerprint density at radius 3 is 2.79 bits per heavy atom. The van der Waals surface area contributed by atoms with Gasteiger partial charge in [-0.05, 0) is 18.2 Å². The van der Waals surface area contributed by atoms with Crippen molar-refractivity contribution < 1.29 is 9.50 Å². The molecule has 0 aliphatic carbocycles. The number of halogens is 1. The number of fused-ring (bicyclic) bond motifs is 1. The SMILES string of the molecule is Cn1c(CN)cc2c(O)ccc(F)c21. The summed E-state index contributed by atoms with van der Waals surface area (Å²) >= 11 is 0. The van der Waals surface area contributed by atoms with Crippen LogP contribution in [0.1, 0.15) is 5.69 Å². The van der Waals surface area contributed by atoms with E-state index in [1.165, 1.54) is 12.1 Å². The van der Waals surface area contributed by atoms with E-state index in [1.54, 1.807) is 17.7 Å². The summed E-state index contributed by atoms with van der Waals surface area (Å²) < 4.78 is 15.1. The van der Waals surface area contributed by atoms with Gasteiger partial charge in [0.15, 0.2) is 0 Å². The first-order chi connectivity index (χ1) is 6.65. The second-order valence-corrected chi connectivity index (χ2v) is 3.23. The lowest BCUT2D eigenvalue weighted by molar-refractivity contribution is 0.480. The largest absolute Gasteiger partial charge is 0.507 e. The van der Waals surface area contributed by atoms with Crippen LogP contribution < -0.4 is 5.73 Å². The van der Waals surface area contributed by atoms with Gasteiger partial charge in [0.2, 0.25) is 0 Å². The Kier molecular flexibility index (Phi) is 1.93. The Morgan fingerprint density at radius 1 is 1.50 bits per heavy atom. The monoisotopic (exact) mass is 194 g/mol. The highest BCUT2D eigenvalue weighted by Gasteiger charge is 2.11. The summed E-state index contributed by atoms with van der Waals surface area (Å²) in [5, 5.41) is 10.0. The molecular formula is C10H11FN2O. The fraction of sp³-hybridized carbons (Fsp3) is 0.200. The van der Waals surface area contributed by atoms with Crippen LogP contribution in [0, 0.1) is 5.82 Å². The minimum Gasteiger partial charge on any atom is -0.507 e. The predicted octanol–water partition coefficient (Wildman–Crippen LogP) is 1.48. The molecule has 4 heteroatoms. The lowest BCUT2D eigenvalue weighted by Crippen LogP contribution is -2.03. The molecule has 0 aliphatic heterocycles. The third-order valence-electron chi connectivity index (χ3n) is 2.43. The van der Waals surface area contributed by atoms with E-state index in [0.29, 0.717) is 17.4 Å². The van der Waals surface area contributed by atoms with Crippen LogP contribution in [0.15, 0.2) is 18.2 Å². The minimum atomic E-state index is -0.347. The van der Waals surface area contributed by atoms with Crippen molar-refractivity contribution in [2.24, 2.45) is 12.8 Å². The van der Waals surface area contributed by atoms with Crippen molar-refractivity contribution in [2.45, 2.75) is 6.54 Å². The van der Waals surface area contributed by atoms with Gasteiger partial charge >= 0.3 is 0 Å². The summed E-state index contributed by atoms with van der Waals surface area (Å²) in [5.74, 6) is -0.267. The standard InChI is InChI=1S/C10H11FN2O/c1-13-6(5-12)4-7-9(14)3-2-8(11)10(7)13/h2-4,14H,5,12H2,1H3. The Morgan fingerprint density at radius 2 is 2.21 bits per heavy atom.